The van der Waals surface area contributed by atoms with E-state index in [1.807, 2.05) is 44.2 Å². The largest absolute Gasteiger partial charge is 0.483 e. The summed E-state index contributed by atoms with van der Waals surface area (Å²) in [6.45, 7) is 8.87. The van der Waals surface area contributed by atoms with Crippen molar-refractivity contribution >= 4 is 5.91 Å². The molecule has 1 amide bonds. The zero-order valence-corrected chi connectivity index (χ0v) is 14.3. The van der Waals surface area contributed by atoms with E-state index in [4.69, 9.17) is 4.74 Å². The van der Waals surface area contributed by atoms with Crippen molar-refractivity contribution in [3.05, 3.63) is 64.7 Å². The molecule has 0 saturated heterocycles. The molecule has 0 bridgehead atoms. The summed E-state index contributed by atoms with van der Waals surface area (Å²) in [5.41, 5.74) is 4.55. The normalized spacial score (nSPS) is 10.7. The van der Waals surface area contributed by atoms with Crippen LogP contribution >= 0.6 is 0 Å². The molecule has 0 atom stereocenters. The Kier molecular flexibility index (Phi) is 5.80. The topological polar surface area (TPSA) is 38.3 Å². The summed E-state index contributed by atoms with van der Waals surface area (Å²) >= 11 is 0. The average Bonchev–Trinajstić information content (AvgIpc) is 2.52. The van der Waals surface area contributed by atoms with Gasteiger partial charge in [-0.2, -0.15) is 0 Å². The van der Waals surface area contributed by atoms with E-state index >= 15 is 0 Å². The van der Waals surface area contributed by atoms with E-state index in [0.717, 1.165) is 22.4 Å². The summed E-state index contributed by atoms with van der Waals surface area (Å²) in [5.74, 6) is 1.05. The number of benzene rings is 2. The van der Waals surface area contributed by atoms with Crippen molar-refractivity contribution in [3.8, 4) is 5.75 Å². The van der Waals surface area contributed by atoms with Crippen LogP contribution in [-0.2, 0) is 11.3 Å². The predicted octanol–water partition coefficient (Wildman–Crippen LogP) is 4.12. The molecule has 0 heterocycles. The lowest BCUT2D eigenvalue weighted by Crippen LogP contribution is -2.28. The number of hydrogen-bond donors (Lipinski definition) is 1. The molecule has 2 rings (SSSR count). The number of carbonyl (C=O) groups excluding carboxylic acids is 1. The molecule has 0 aliphatic rings. The first-order chi connectivity index (χ1) is 11.0. The quantitative estimate of drug-likeness (QED) is 0.871. The van der Waals surface area contributed by atoms with Crippen LogP contribution in [-0.4, -0.2) is 12.5 Å². The average molecular weight is 311 g/mol. The fourth-order valence-corrected chi connectivity index (χ4v) is 2.34. The molecule has 0 saturated carbocycles. The number of rotatable bonds is 6. The number of ether oxygens (including phenoxy) is 1. The molecular weight excluding hydrogens is 286 g/mol. The molecule has 0 aliphatic heterocycles. The standard InChI is InChI=1S/C20H25NO2/c1-14(2)18-10-7-16(4)11-19(18)23-13-20(22)21-12-17-8-5-15(3)6-9-17/h5-11,14H,12-13H2,1-4H3,(H,21,22). The second kappa shape index (κ2) is 7.82. The first kappa shape index (κ1) is 17.1. The highest BCUT2D eigenvalue weighted by Gasteiger charge is 2.10. The van der Waals surface area contributed by atoms with E-state index in [9.17, 15) is 4.79 Å². The summed E-state index contributed by atoms with van der Waals surface area (Å²) in [6.07, 6.45) is 0. The number of hydrogen-bond acceptors (Lipinski definition) is 2. The van der Waals surface area contributed by atoms with Gasteiger partial charge >= 0.3 is 0 Å². The van der Waals surface area contributed by atoms with Gasteiger partial charge in [-0.25, -0.2) is 0 Å². The van der Waals surface area contributed by atoms with Crippen LogP contribution < -0.4 is 10.1 Å². The summed E-state index contributed by atoms with van der Waals surface area (Å²) in [6, 6.07) is 14.3. The van der Waals surface area contributed by atoms with E-state index in [1.165, 1.54) is 5.56 Å². The molecule has 23 heavy (non-hydrogen) atoms. The maximum Gasteiger partial charge on any atom is 0.258 e. The minimum absolute atomic E-state index is 0.0367. The molecule has 2 aromatic rings. The molecule has 3 heteroatoms. The van der Waals surface area contributed by atoms with E-state index in [1.54, 1.807) is 0 Å². The smallest absolute Gasteiger partial charge is 0.258 e. The van der Waals surface area contributed by atoms with Crippen LogP contribution in [0.5, 0.6) is 5.75 Å². The van der Waals surface area contributed by atoms with Gasteiger partial charge in [-0.3, -0.25) is 4.79 Å². The lowest BCUT2D eigenvalue weighted by Gasteiger charge is -2.15. The SMILES string of the molecule is Cc1ccc(CNC(=O)COc2cc(C)ccc2C(C)C)cc1. The van der Waals surface area contributed by atoms with Crippen LogP contribution in [0.1, 0.15) is 42.0 Å². The van der Waals surface area contributed by atoms with Crippen LogP contribution in [0.2, 0.25) is 0 Å². The first-order valence-corrected chi connectivity index (χ1v) is 8.01. The summed E-state index contributed by atoms with van der Waals surface area (Å²) in [7, 11) is 0. The zero-order chi connectivity index (χ0) is 16.8. The van der Waals surface area contributed by atoms with Gasteiger partial charge < -0.3 is 10.1 Å². The molecule has 1 N–H and O–H groups in total. The monoisotopic (exact) mass is 311 g/mol. The van der Waals surface area contributed by atoms with E-state index in [-0.39, 0.29) is 12.5 Å². The molecule has 0 aliphatic carbocycles. The third kappa shape index (κ3) is 5.13. The van der Waals surface area contributed by atoms with Crippen molar-refractivity contribution in [1.82, 2.24) is 5.32 Å². The molecule has 2 aromatic carbocycles. The van der Waals surface area contributed by atoms with Crippen LogP contribution in [0, 0.1) is 13.8 Å². The Morgan fingerprint density at radius 3 is 2.35 bits per heavy atom. The minimum atomic E-state index is -0.109. The van der Waals surface area contributed by atoms with Crippen molar-refractivity contribution in [2.75, 3.05) is 6.61 Å². The Hall–Kier alpha value is -2.29. The van der Waals surface area contributed by atoms with Crippen LogP contribution in [0.4, 0.5) is 0 Å². The predicted molar refractivity (Wildman–Crippen MR) is 93.8 cm³/mol. The zero-order valence-electron chi connectivity index (χ0n) is 14.3. The number of nitrogens with one attached hydrogen (secondary N) is 1. The molecule has 0 radical (unpaired) electrons. The summed E-state index contributed by atoms with van der Waals surface area (Å²) < 4.78 is 5.74. The molecule has 0 spiro atoms. The van der Waals surface area contributed by atoms with Gasteiger partial charge in [0, 0.05) is 6.54 Å². The lowest BCUT2D eigenvalue weighted by atomic mass is 10.0. The first-order valence-electron chi connectivity index (χ1n) is 8.01. The Labute approximate surface area is 138 Å². The summed E-state index contributed by atoms with van der Waals surface area (Å²) in [4.78, 5) is 12.0. The van der Waals surface area contributed by atoms with Gasteiger partial charge in [0.1, 0.15) is 5.75 Å². The number of aryl methyl sites for hydroxylation is 2. The van der Waals surface area contributed by atoms with Gasteiger partial charge in [-0.15, -0.1) is 0 Å². The Bertz CT molecular complexity index is 660. The summed E-state index contributed by atoms with van der Waals surface area (Å²) in [5, 5.41) is 2.89. The van der Waals surface area contributed by atoms with Crippen LogP contribution in [0.3, 0.4) is 0 Å². The van der Waals surface area contributed by atoms with Gasteiger partial charge in [0.15, 0.2) is 6.61 Å². The molecule has 0 unspecified atom stereocenters. The van der Waals surface area contributed by atoms with Crippen molar-refractivity contribution in [1.29, 1.82) is 0 Å². The second-order valence-electron chi connectivity index (χ2n) is 6.25. The second-order valence-corrected chi connectivity index (χ2v) is 6.25. The van der Waals surface area contributed by atoms with Crippen molar-refractivity contribution in [3.63, 3.8) is 0 Å². The molecule has 122 valence electrons. The fourth-order valence-electron chi connectivity index (χ4n) is 2.34. The lowest BCUT2D eigenvalue weighted by molar-refractivity contribution is -0.123. The van der Waals surface area contributed by atoms with Crippen molar-refractivity contribution < 1.29 is 9.53 Å². The molecule has 0 fully saturated rings. The van der Waals surface area contributed by atoms with Gasteiger partial charge in [0.05, 0.1) is 0 Å². The van der Waals surface area contributed by atoms with E-state index in [2.05, 4.69) is 31.3 Å². The molecular formula is C20H25NO2. The molecule has 3 nitrogen and oxygen atoms in total. The number of amides is 1. The fraction of sp³-hybridized carbons (Fsp3) is 0.350. The maximum absolute atomic E-state index is 12.0. The van der Waals surface area contributed by atoms with E-state index in [0.29, 0.717) is 12.5 Å². The minimum Gasteiger partial charge on any atom is -0.483 e. The molecule has 0 aromatic heterocycles. The Morgan fingerprint density at radius 1 is 1.04 bits per heavy atom. The van der Waals surface area contributed by atoms with Gasteiger partial charge in [-0.1, -0.05) is 55.8 Å². The maximum atomic E-state index is 12.0. The highest BCUT2D eigenvalue weighted by atomic mass is 16.5. The van der Waals surface area contributed by atoms with Gasteiger partial charge in [0.2, 0.25) is 0 Å². The Balaban J connectivity index is 1.89. The van der Waals surface area contributed by atoms with E-state index < -0.39 is 0 Å². The van der Waals surface area contributed by atoms with Crippen molar-refractivity contribution in [2.45, 2.75) is 40.2 Å². The van der Waals surface area contributed by atoms with Crippen LogP contribution in [0.25, 0.3) is 0 Å². The highest BCUT2D eigenvalue weighted by Crippen LogP contribution is 2.27. The Morgan fingerprint density at radius 2 is 1.70 bits per heavy atom. The number of carbonyl (C=O) groups is 1. The third-order valence-corrected chi connectivity index (χ3v) is 3.76. The third-order valence-electron chi connectivity index (χ3n) is 3.76. The van der Waals surface area contributed by atoms with Crippen LogP contribution in [0.15, 0.2) is 42.5 Å². The van der Waals surface area contributed by atoms with Crippen molar-refractivity contribution in [2.24, 2.45) is 0 Å². The van der Waals surface area contributed by atoms with Gasteiger partial charge in [0.25, 0.3) is 5.91 Å². The highest BCUT2D eigenvalue weighted by molar-refractivity contribution is 5.77. The van der Waals surface area contributed by atoms with Gasteiger partial charge in [-0.05, 0) is 42.5 Å².